The van der Waals surface area contributed by atoms with E-state index >= 15 is 0 Å². The number of ether oxygens (including phenoxy) is 5. The van der Waals surface area contributed by atoms with Crippen LogP contribution in [0, 0.1) is 23.7 Å². The zero-order valence-electron chi connectivity index (χ0n) is 28.1. The number of methoxy groups -OCH3 is 3. The summed E-state index contributed by atoms with van der Waals surface area (Å²) in [5, 5.41) is 11.3. The summed E-state index contributed by atoms with van der Waals surface area (Å²) < 4.78 is 35.7. The minimum atomic E-state index is -1.88. The number of hydrogen-bond donors (Lipinski definition) is 1. The molecule has 42 heavy (non-hydrogen) atoms. The van der Waals surface area contributed by atoms with Crippen LogP contribution in [0.3, 0.4) is 0 Å². The summed E-state index contributed by atoms with van der Waals surface area (Å²) in [6.45, 7) is 20.2. The van der Waals surface area contributed by atoms with Crippen LogP contribution in [-0.4, -0.2) is 78.2 Å². The quantitative estimate of drug-likeness (QED) is 0.215. The Balaban J connectivity index is 2.00. The summed E-state index contributed by atoms with van der Waals surface area (Å²) in [6, 6.07) is 7.67. The highest BCUT2D eigenvalue weighted by molar-refractivity contribution is 6.74. The van der Waals surface area contributed by atoms with Gasteiger partial charge in [-0.15, -0.1) is 0 Å². The molecule has 1 aliphatic rings. The lowest BCUT2D eigenvalue weighted by Crippen LogP contribution is -2.47. The van der Waals surface area contributed by atoms with E-state index in [2.05, 4.69) is 47.7 Å². The Hall–Kier alpha value is -1.33. The second-order valence-electron chi connectivity index (χ2n) is 13.6. The van der Waals surface area contributed by atoms with Crippen LogP contribution in [0.4, 0.5) is 0 Å². The monoisotopic (exact) mass is 610 g/mol. The van der Waals surface area contributed by atoms with Crippen LogP contribution in [0.15, 0.2) is 24.3 Å². The van der Waals surface area contributed by atoms with Crippen molar-refractivity contribution in [3.8, 4) is 5.75 Å². The predicted octanol–water partition coefficient (Wildman–Crippen LogP) is 6.42. The van der Waals surface area contributed by atoms with Gasteiger partial charge in [0.2, 0.25) is 0 Å². The molecule has 1 saturated heterocycles. The highest BCUT2D eigenvalue weighted by atomic mass is 28.4. The first-order valence-corrected chi connectivity index (χ1v) is 18.3. The van der Waals surface area contributed by atoms with Crippen molar-refractivity contribution < 1.29 is 38.0 Å². The molecule has 0 radical (unpaired) electrons. The number of aliphatic hydroxyl groups is 1. The second kappa shape index (κ2) is 16.1. The number of hydrogen-bond acceptors (Lipinski definition) is 8. The fourth-order valence-corrected chi connectivity index (χ4v) is 6.61. The Morgan fingerprint density at radius 1 is 1.07 bits per heavy atom. The van der Waals surface area contributed by atoms with E-state index in [1.165, 1.54) is 0 Å². The van der Waals surface area contributed by atoms with Gasteiger partial charge in [0.25, 0.3) is 0 Å². The van der Waals surface area contributed by atoms with Gasteiger partial charge in [0.1, 0.15) is 11.5 Å². The Morgan fingerprint density at radius 3 is 2.21 bits per heavy atom. The van der Waals surface area contributed by atoms with E-state index in [4.69, 9.17) is 28.1 Å². The lowest BCUT2D eigenvalue weighted by Gasteiger charge is -2.42. The second-order valence-corrected chi connectivity index (χ2v) is 18.4. The molecule has 0 bridgehead atoms. The number of carbonyl (C=O) groups excluding carboxylic acids is 1. The minimum absolute atomic E-state index is 0.0220. The molecule has 1 aliphatic heterocycles. The van der Waals surface area contributed by atoms with Gasteiger partial charge in [0, 0.05) is 56.5 Å². The van der Waals surface area contributed by atoms with Crippen LogP contribution >= 0.6 is 0 Å². The van der Waals surface area contributed by atoms with E-state index in [-0.39, 0.29) is 59.2 Å². The third-order valence-corrected chi connectivity index (χ3v) is 14.2. The van der Waals surface area contributed by atoms with Crippen molar-refractivity contribution in [2.24, 2.45) is 23.7 Å². The molecular weight excluding hydrogens is 552 g/mol. The summed E-state index contributed by atoms with van der Waals surface area (Å²) in [4.78, 5) is 13.3. The molecule has 0 spiro atoms. The Kier molecular flexibility index (Phi) is 14.1. The zero-order valence-corrected chi connectivity index (χ0v) is 29.1. The molecule has 0 saturated carbocycles. The highest BCUT2D eigenvalue weighted by Gasteiger charge is 2.41. The van der Waals surface area contributed by atoms with Gasteiger partial charge in [-0.2, -0.15) is 0 Å². The van der Waals surface area contributed by atoms with Crippen molar-refractivity contribution in [3.63, 3.8) is 0 Å². The third kappa shape index (κ3) is 9.58. The van der Waals surface area contributed by atoms with Crippen LogP contribution in [0.5, 0.6) is 5.75 Å². The Bertz CT molecular complexity index is 946. The number of Topliss-reactive ketones (excluding diaryl/α,β-unsaturated/α-hetero) is 1. The Labute approximate surface area is 255 Å². The molecule has 1 N–H and O–H groups in total. The number of carbonyl (C=O) groups is 1. The number of aliphatic hydroxyl groups excluding tert-OH is 1. The number of benzene rings is 1. The summed E-state index contributed by atoms with van der Waals surface area (Å²) in [5.74, 6) is 0.186. The first kappa shape index (κ1) is 36.9. The van der Waals surface area contributed by atoms with Crippen LogP contribution < -0.4 is 4.74 Å². The predicted molar refractivity (Wildman–Crippen MR) is 168 cm³/mol. The van der Waals surface area contributed by atoms with E-state index < -0.39 is 20.7 Å². The van der Waals surface area contributed by atoms with Crippen molar-refractivity contribution in [1.29, 1.82) is 0 Å². The lowest BCUT2D eigenvalue weighted by atomic mass is 9.80. The van der Waals surface area contributed by atoms with E-state index in [0.717, 1.165) is 11.3 Å². The fraction of sp³-hybridized carbons (Fsp3) is 0.788. The SMILES string of the molecule is COc1ccc([C@H]2OC[C@H](C)[C@@H]([C@@H](C)[C@@H](OC)[C@@H](C)C(O)CC(=O)[C@H](C)[C@@H](CCO[Si](C)(C)C(C)(C)C)OC)O2)cc1. The van der Waals surface area contributed by atoms with Gasteiger partial charge < -0.3 is 33.2 Å². The largest absolute Gasteiger partial charge is 0.497 e. The van der Waals surface area contributed by atoms with Crippen LogP contribution in [0.25, 0.3) is 0 Å². The molecule has 8 nitrogen and oxygen atoms in total. The summed E-state index contributed by atoms with van der Waals surface area (Å²) in [7, 11) is 3.05. The summed E-state index contributed by atoms with van der Waals surface area (Å²) >= 11 is 0. The fourth-order valence-electron chi connectivity index (χ4n) is 5.55. The van der Waals surface area contributed by atoms with Gasteiger partial charge in [-0.05, 0) is 36.7 Å². The van der Waals surface area contributed by atoms with Gasteiger partial charge in [-0.25, -0.2) is 0 Å². The standard InChI is InChI=1S/C33H58O8Si/c1-21-20-39-32(25-13-15-26(36-8)16-14-25)41-30(21)24(4)31(38-10)23(3)28(35)19-27(34)22(2)29(37-9)17-18-40-42(11,12)33(5,6)7/h13-16,21-24,28-32,35H,17-20H2,1-12H3/t21-,22-,23-,24+,28?,29+,30-,31-,32-/m0/s1. The maximum atomic E-state index is 13.3. The topological polar surface area (TPSA) is 92.7 Å². The smallest absolute Gasteiger partial charge is 0.191 e. The molecular formula is C33H58O8Si. The molecule has 1 fully saturated rings. The molecule has 9 heteroatoms. The first-order chi connectivity index (χ1) is 19.6. The molecule has 9 atom stereocenters. The van der Waals surface area contributed by atoms with Crippen molar-refractivity contribution in [2.75, 3.05) is 34.5 Å². The molecule has 242 valence electrons. The molecule has 1 aromatic carbocycles. The molecule has 0 aliphatic carbocycles. The van der Waals surface area contributed by atoms with Crippen molar-refractivity contribution in [2.45, 2.75) is 110 Å². The van der Waals surface area contributed by atoms with E-state index in [1.807, 2.05) is 38.1 Å². The minimum Gasteiger partial charge on any atom is -0.497 e. The first-order valence-electron chi connectivity index (χ1n) is 15.4. The van der Waals surface area contributed by atoms with Gasteiger partial charge >= 0.3 is 0 Å². The average Bonchev–Trinajstić information content (AvgIpc) is 2.94. The maximum absolute atomic E-state index is 13.3. The van der Waals surface area contributed by atoms with Crippen molar-refractivity contribution in [3.05, 3.63) is 29.8 Å². The Morgan fingerprint density at radius 2 is 1.69 bits per heavy atom. The number of ketones is 1. The normalized spacial score (nSPS) is 24.4. The molecule has 2 rings (SSSR count). The average molecular weight is 611 g/mol. The zero-order chi connectivity index (χ0) is 31.8. The van der Waals surface area contributed by atoms with Crippen LogP contribution in [0.2, 0.25) is 18.1 Å². The van der Waals surface area contributed by atoms with E-state index in [0.29, 0.717) is 19.6 Å². The molecule has 1 heterocycles. The molecule has 0 aromatic heterocycles. The summed E-state index contributed by atoms with van der Waals surface area (Å²) in [5.41, 5.74) is 0.920. The van der Waals surface area contributed by atoms with Crippen molar-refractivity contribution >= 4 is 14.1 Å². The lowest BCUT2D eigenvalue weighted by molar-refractivity contribution is -0.259. The number of rotatable bonds is 16. The molecule has 0 amide bonds. The van der Waals surface area contributed by atoms with Crippen LogP contribution in [-0.2, 0) is 28.2 Å². The summed E-state index contributed by atoms with van der Waals surface area (Å²) in [6.07, 6.45) is -1.43. The van der Waals surface area contributed by atoms with Crippen LogP contribution in [0.1, 0.15) is 73.2 Å². The van der Waals surface area contributed by atoms with Crippen molar-refractivity contribution in [1.82, 2.24) is 0 Å². The van der Waals surface area contributed by atoms with E-state index in [1.54, 1.807) is 21.3 Å². The van der Waals surface area contributed by atoms with Gasteiger partial charge in [0.05, 0.1) is 38.1 Å². The highest BCUT2D eigenvalue weighted by Crippen LogP contribution is 2.38. The molecule has 1 unspecified atom stereocenters. The van der Waals surface area contributed by atoms with Gasteiger partial charge in [-0.3, -0.25) is 4.79 Å². The third-order valence-electron chi connectivity index (χ3n) is 9.62. The van der Waals surface area contributed by atoms with Gasteiger partial charge in [0.15, 0.2) is 14.6 Å². The van der Waals surface area contributed by atoms with E-state index in [9.17, 15) is 9.90 Å². The molecule has 1 aromatic rings. The van der Waals surface area contributed by atoms with Gasteiger partial charge in [-0.1, -0.05) is 60.6 Å². The maximum Gasteiger partial charge on any atom is 0.191 e.